The van der Waals surface area contributed by atoms with Crippen molar-refractivity contribution in [1.82, 2.24) is 9.88 Å². The number of nitrogens with zero attached hydrogens (tertiary/aromatic N) is 2. The normalized spacial score (nSPS) is 16.3. The first-order valence-electron chi connectivity index (χ1n) is 8.82. The molecule has 136 valence electrons. The summed E-state index contributed by atoms with van der Waals surface area (Å²) in [4.78, 5) is 31.3. The molecule has 6 nitrogen and oxygen atoms in total. The summed E-state index contributed by atoms with van der Waals surface area (Å²) in [5.41, 5.74) is 8.36. The molecule has 2 heterocycles. The van der Waals surface area contributed by atoms with E-state index in [1.54, 1.807) is 17.0 Å². The summed E-state index contributed by atoms with van der Waals surface area (Å²) in [6.07, 6.45) is 2.45. The number of amides is 2. The van der Waals surface area contributed by atoms with Crippen molar-refractivity contribution in [2.24, 2.45) is 5.92 Å². The Morgan fingerprint density at radius 1 is 1.23 bits per heavy atom. The van der Waals surface area contributed by atoms with Crippen LogP contribution in [0.3, 0.4) is 0 Å². The van der Waals surface area contributed by atoms with Gasteiger partial charge in [0.15, 0.2) is 0 Å². The van der Waals surface area contributed by atoms with Crippen molar-refractivity contribution >= 4 is 23.3 Å². The lowest BCUT2D eigenvalue weighted by atomic mass is 9.92. The van der Waals surface area contributed by atoms with E-state index in [9.17, 15) is 9.59 Å². The number of rotatable bonds is 4. The first kappa shape index (κ1) is 17.9. The summed E-state index contributed by atoms with van der Waals surface area (Å²) in [7, 11) is 0. The number of nitrogens with two attached hydrogens (primary N) is 1. The first-order valence-corrected chi connectivity index (χ1v) is 8.82. The van der Waals surface area contributed by atoms with Crippen molar-refractivity contribution in [2.45, 2.75) is 39.3 Å². The number of hydrogen-bond donors (Lipinski definition) is 2. The van der Waals surface area contributed by atoms with Crippen molar-refractivity contribution in [3.8, 4) is 0 Å². The molecule has 3 N–H and O–H groups in total. The number of fused-ring (bicyclic) bond motifs is 1. The van der Waals surface area contributed by atoms with Gasteiger partial charge in [-0.05, 0) is 29.2 Å². The second-order valence-electron chi connectivity index (χ2n) is 7.07. The Morgan fingerprint density at radius 3 is 2.62 bits per heavy atom. The number of carbonyl (C=O) groups is 2. The van der Waals surface area contributed by atoms with Crippen LogP contribution in [0, 0.1) is 5.92 Å². The summed E-state index contributed by atoms with van der Waals surface area (Å²) in [5.74, 6) is 0.432. The average molecular weight is 352 g/mol. The Bertz CT molecular complexity index is 802. The monoisotopic (exact) mass is 352 g/mol. The molecular formula is C20H24N4O2. The van der Waals surface area contributed by atoms with Crippen LogP contribution in [0.15, 0.2) is 42.6 Å². The van der Waals surface area contributed by atoms with Gasteiger partial charge in [0.25, 0.3) is 0 Å². The molecule has 6 heteroatoms. The van der Waals surface area contributed by atoms with Gasteiger partial charge in [-0.15, -0.1) is 0 Å². The molecule has 2 aromatic rings. The molecule has 1 unspecified atom stereocenters. The number of carbonyl (C=O) groups excluding carboxylic acids is 2. The molecule has 0 spiro atoms. The van der Waals surface area contributed by atoms with Crippen LogP contribution in [0.25, 0.3) is 0 Å². The third kappa shape index (κ3) is 4.02. The third-order valence-corrected chi connectivity index (χ3v) is 4.51. The smallest absolute Gasteiger partial charge is 0.247 e. The number of nitrogen functional groups attached to an aromatic ring is 1. The lowest BCUT2D eigenvalue weighted by Gasteiger charge is -2.36. The van der Waals surface area contributed by atoms with Gasteiger partial charge in [0, 0.05) is 19.4 Å². The molecular weight excluding hydrogens is 328 g/mol. The number of nitrogens with one attached hydrogen (secondary N) is 1. The van der Waals surface area contributed by atoms with E-state index in [0.29, 0.717) is 30.9 Å². The van der Waals surface area contributed by atoms with Crippen LogP contribution in [-0.4, -0.2) is 27.7 Å². The highest BCUT2D eigenvalue weighted by atomic mass is 16.2. The Labute approximate surface area is 153 Å². The van der Waals surface area contributed by atoms with E-state index < -0.39 is 6.04 Å². The quantitative estimate of drug-likeness (QED) is 0.885. The van der Waals surface area contributed by atoms with Gasteiger partial charge in [0.1, 0.15) is 11.9 Å². The van der Waals surface area contributed by atoms with Gasteiger partial charge < -0.3 is 16.0 Å². The van der Waals surface area contributed by atoms with Gasteiger partial charge in [-0.2, -0.15) is 0 Å². The van der Waals surface area contributed by atoms with Crippen LogP contribution in [0.1, 0.15) is 31.4 Å². The second kappa shape index (κ2) is 7.56. The second-order valence-corrected chi connectivity index (χ2v) is 7.07. The fraction of sp³-hybridized carbons (Fsp3) is 0.350. The maximum atomic E-state index is 12.9. The van der Waals surface area contributed by atoms with Crippen molar-refractivity contribution in [3.63, 3.8) is 0 Å². The molecule has 0 radical (unpaired) electrons. The summed E-state index contributed by atoms with van der Waals surface area (Å²) in [6.45, 7) is 4.47. The van der Waals surface area contributed by atoms with E-state index in [2.05, 4.69) is 10.3 Å². The fourth-order valence-electron chi connectivity index (χ4n) is 3.19. The molecule has 1 aliphatic heterocycles. The van der Waals surface area contributed by atoms with Crippen LogP contribution in [-0.2, 0) is 22.6 Å². The Hall–Kier alpha value is -2.89. The standard InChI is InChI=1S/C20H24N4O2/c1-13(2)9-19(25)24-12-15-6-4-3-5-14(15)10-17(24)20(26)23-16-7-8-18(21)22-11-16/h3-8,11,13,17H,9-10,12H2,1-2H3,(H2,21,22)(H,23,26). The van der Waals surface area contributed by atoms with Gasteiger partial charge in [0.05, 0.1) is 11.9 Å². The largest absolute Gasteiger partial charge is 0.384 e. The molecule has 1 aliphatic rings. The van der Waals surface area contributed by atoms with Crippen molar-refractivity contribution in [1.29, 1.82) is 0 Å². The fourth-order valence-corrected chi connectivity index (χ4v) is 3.19. The molecule has 1 aromatic heterocycles. The van der Waals surface area contributed by atoms with Crippen LogP contribution >= 0.6 is 0 Å². The summed E-state index contributed by atoms with van der Waals surface area (Å²) >= 11 is 0. The third-order valence-electron chi connectivity index (χ3n) is 4.51. The zero-order chi connectivity index (χ0) is 18.7. The van der Waals surface area contributed by atoms with Gasteiger partial charge >= 0.3 is 0 Å². The predicted octanol–water partition coefficient (Wildman–Crippen LogP) is 2.60. The summed E-state index contributed by atoms with van der Waals surface area (Å²) in [5, 5.41) is 2.86. The highest BCUT2D eigenvalue weighted by molar-refractivity contribution is 5.97. The topological polar surface area (TPSA) is 88.3 Å². The maximum Gasteiger partial charge on any atom is 0.247 e. The number of hydrogen-bond acceptors (Lipinski definition) is 4. The van der Waals surface area contributed by atoms with E-state index >= 15 is 0 Å². The molecule has 0 bridgehead atoms. The van der Waals surface area contributed by atoms with Gasteiger partial charge in [0.2, 0.25) is 11.8 Å². The summed E-state index contributed by atoms with van der Waals surface area (Å²) in [6, 6.07) is 10.8. The van der Waals surface area contributed by atoms with E-state index in [4.69, 9.17) is 5.73 Å². The van der Waals surface area contributed by atoms with Crippen LogP contribution in [0.2, 0.25) is 0 Å². The highest BCUT2D eigenvalue weighted by Crippen LogP contribution is 2.25. The Balaban J connectivity index is 1.84. The number of anilines is 2. The van der Waals surface area contributed by atoms with Gasteiger partial charge in [-0.3, -0.25) is 9.59 Å². The first-order chi connectivity index (χ1) is 12.4. The van der Waals surface area contributed by atoms with Gasteiger partial charge in [-0.1, -0.05) is 38.1 Å². The van der Waals surface area contributed by atoms with Gasteiger partial charge in [-0.25, -0.2) is 4.98 Å². The van der Waals surface area contributed by atoms with E-state index in [-0.39, 0.29) is 17.7 Å². The molecule has 1 atom stereocenters. The molecule has 26 heavy (non-hydrogen) atoms. The number of pyridine rings is 1. The average Bonchev–Trinajstić information content (AvgIpc) is 2.62. The molecule has 1 aromatic carbocycles. The minimum Gasteiger partial charge on any atom is -0.384 e. The van der Waals surface area contributed by atoms with Crippen LogP contribution in [0.5, 0.6) is 0 Å². The van der Waals surface area contributed by atoms with E-state index in [0.717, 1.165) is 11.1 Å². The molecule has 0 saturated heterocycles. The lowest BCUT2D eigenvalue weighted by Crippen LogP contribution is -2.50. The molecule has 3 rings (SSSR count). The van der Waals surface area contributed by atoms with E-state index in [1.165, 1.54) is 6.20 Å². The molecule has 0 aliphatic carbocycles. The molecule has 0 saturated carbocycles. The van der Waals surface area contributed by atoms with Crippen molar-refractivity contribution < 1.29 is 9.59 Å². The SMILES string of the molecule is CC(C)CC(=O)N1Cc2ccccc2CC1C(=O)Nc1ccc(N)nc1. The van der Waals surface area contributed by atoms with Crippen LogP contribution in [0.4, 0.5) is 11.5 Å². The number of aromatic nitrogens is 1. The Morgan fingerprint density at radius 2 is 1.96 bits per heavy atom. The minimum absolute atomic E-state index is 0.00471. The maximum absolute atomic E-state index is 12.9. The lowest BCUT2D eigenvalue weighted by molar-refractivity contribution is -0.140. The molecule has 0 fully saturated rings. The van der Waals surface area contributed by atoms with E-state index in [1.807, 2.05) is 38.1 Å². The van der Waals surface area contributed by atoms with Crippen molar-refractivity contribution in [2.75, 3.05) is 11.1 Å². The predicted molar refractivity (Wildman–Crippen MR) is 101 cm³/mol. The highest BCUT2D eigenvalue weighted by Gasteiger charge is 2.34. The zero-order valence-corrected chi connectivity index (χ0v) is 15.1. The summed E-state index contributed by atoms with van der Waals surface area (Å²) < 4.78 is 0. The number of benzene rings is 1. The minimum atomic E-state index is -0.534. The van der Waals surface area contributed by atoms with Crippen LogP contribution < -0.4 is 11.1 Å². The zero-order valence-electron chi connectivity index (χ0n) is 15.1. The Kier molecular flexibility index (Phi) is 5.21. The van der Waals surface area contributed by atoms with Crippen molar-refractivity contribution in [3.05, 3.63) is 53.7 Å². The molecule has 2 amide bonds.